The number of carbonyl (C=O) groups excluding carboxylic acids is 1. The van der Waals surface area contributed by atoms with Crippen LogP contribution in [0.25, 0.3) is 0 Å². The maximum Gasteiger partial charge on any atom is 0.323 e. The van der Waals surface area contributed by atoms with E-state index in [4.69, 9.17) is 5.73 Å². The molecule has 1 heterocycles. The van der Waals surface area contributed by atoms with Crippen molar-refractivity contribution < 1.29 is 14.7 Å². The lowest BCUT2D eigenvalue weighted by molar-refractivity contribution is -0.145. The van der Waals surface area contributed by atoms with E-state index in [1.54, 1.807) is 11.8 Å². The molecule has 6 heteroatoms. The van der Waals surface area contributed by atoms with Gasteiger partial charge in [-0.25, -0.2) is 0 Å². The van der Waals surface area contributed by atoms with Gasteiger partial charge in [0, 0.05) is 6.42 Å². The molecule has 92 valence electrons. The second kappa shape index (κ2) is 6.10. The number of amides is 1. The van der Waals surface area contributed by atoms with Gasteiger partial charge >= 0.3 is 5.97 Å². The fourth-order valence-corrected chi connectivity index (χ4v) is 2.97. The van der Waals surface area contributed by atoms with E-state index < -0.39 is 11.5 Å². The Morgan fingerprint density at radius 3 is 2.50 bits per heavy atom. The summed E-state index contributed by atoms with van der Waals surface area (Å²) in [7, 11) is 0. The summed E-state index contributed by atoms with van der Waals surface area (Å²) in [6.45, 7) is 0.528. The molecule has 0 atom stereocenters. The fraction of sp³-hybridized carbons (Fsp3) is 0.800. The van der Waals surface area contributed by atoms with Gasteiger partial charge in [-0.3, -0.25) is 9.59 Å². The van der Waals surface area contributed by atoms with Crippen LogP contribution < -0.4 is 11.1 Å². The zero-order chi connectivity index (χ0) is 12.0. The van der Waals surface area contributed by atoms with Gasteiger partial charge in [0.2, 0.25) is 5.91 Å². The number of carboxylic acids is 1. The second-order valence-electron chi connectivity index (χ2n) is 4.00. The van der Waals surface area contributed by atoms with Gasteiger partial charge in [0.1, 0.15) is 5.54 Å². The van der Waals surface area contributed by atoms with Gasteiger partial charge in [0.15, 0.2) is 0 Å². The van der Waals surface area contributed by atoms with Crippen molar-refractivity contribution in [1.29, 1.82) is 0 Å². The van der Waals surface area contributed by atoms with Crippen molar-refractivity contribution in [3.05, 3.63) is 0 Å². The van der Waals surface area contributed by atoms with Crippen LogP contribution in [0.3, 0.4) is 0 Å². The summed E-state index contributed by atoms with van der Waals surface area (Å²) in [5, 5.41) is 12.3. The van der Waals surface area contributed by atoms with E-state index in [1.807, 2.05) is 0 Å². The lowest BCUT2D eigenvalue weighted by Crippen LogP contribution is -2.54. The van der Waals surface area contributed by atoms with Crippen LogP contribution >= 0.6 is 11.8 Å². The summed E-state index contributed by atoms with van der Waals surface area (Å²) in [4.78, 5) is 21.8. The zero-order valence-corrected chi connectivity index (χ0v) is 10.0. The highest BCUT2D eigenvalue weighted by Gasteiger charge is 2.38. The van der Waals surface area contributed by atoms with Crippen molar-refractivity contribution in [2.24, 2.45) is 5.73 Å². The van der Waals surface area contributed by atoms with Crippen LogP contribution in [0.4, 0.5) is 0 Å². The minimum absolute atomic E-state index is 0.303. The zero-order valence-electron chi connectivity index (χ0n) is 9.20. The van der Waals surface area contributed by atoms with Gasteiger partial charge in [-0.05, 0) is 37.3 Å². The molecule has 0 bridgehead atoms. The molecular formula is C10H18N2O3S. The summed E-state index contributed by atoms with van der Waals surface area (Å²) in [5.41, 5.74) is 4.23. The van der Waals surface area contributed by atoms with Crippen molar-refractivity contribution in [2.45, 2.75) is 31.2 Å². The number of hydrogen-bond acceptors (Lipinski definition) is 4. The van der Waals surface area contributed by atoms with Gasteiger partial charge in [-0.1, -0.05) is 0 Å². The number of carbonyl (C=O) groups is 2. The number of rotatable bonds is 6. The normalized spacial score (nSPS) is 19.2. The third-order valence-electron chi connectivity index (χ3n) is 2.82. The number of thioether (sulfide) groups is 1. The van der Waals surface area contributed by atoms with Crippen LogP contribution in [-0.4, -0.2) is 40.6 Å². The summed E-state index contributed by atoms with van der Waals surface area (Å²) in [6.07, 6.45) is 2.18. The quantitative estimate of drug-likeness (QED) is 0.582. The van der Waals surface area contributed by atoms with Crippen molar-refractivity contribution in [3.63, 3.8) is 0 Å². The molecule has 5 nitrogen and oxygen atoms in total. The van der Waals surface area contributed by atoms with Crippen LogP contribution in [0.1, 0.15) is 25.7 Å². The molecule has 0 aromatic carbocycles. The molecule has 1 rings (SSSR count). The fourth-order valence-electron chi connectivity index (χ4n) is 1.78. The van der Waals surface area contributed by atoms with E-state index in [0.29, 0.717) is 32.2 Å². The van der Waals surface area contributed by atoms with Crippen molar-refractivity contribution in [3.8, 4) is 0 Å². The molecule has 1 amide bonds. The Morgan fingerprint density at radius 2 is 2.00 bits per heavy atom. The van der Waals surface area contributed by atoms with Crippen LogP contribution in [0.15, 0.2) is 0 Å². The molecule has 0 spiro atoms. The molecule has 1 saturated heterocycles. The van der Waals surface area contributed by atoms with Gasteiger partial charge in [0.25, 0.3) is 0 Å². The predicted molar refractivity (Wildman–Crippen MR) is 63.4 cm³/mol. The van der Waals surface area contributed by atoms with E-state index >= 15 is 0 Å². The monoisotopic (exact) mass is 246 g/mol. The average molecular weight is 246 g/mol. The van der Waals surface area contributed by atoms with Crippen molar-refractivity contribution in [1.82, 2.24) is 5.32 Å². The molecule has 1 aliphatic heterocycles. The Bertz CT molecular complexity index is 265. The Labute approximate surface area is 99.1 Å². The van der Waals surface area contributed by atoms with E-state index in [0.717, 1.165) is 11.5 Å². The van der Waals surface area contributed by atoms with E-state index in [-0.39, 0.29) is 5.91 Å². The highest BCUT2D eigenvalue weighted by molar-refractivity contribution is 7.99. The molecule has 0 aromatic rings. The third-order valence-corrected chi connectivity index (χ3v) is 3.80. The Balaban J connectivity index is 2.39. The summed E-state index contributed by atoms with van der Waals surface area (Å²) in [5.74, 6) is 0.613. The van der Waals surface area contributed by atoms with Gasteiger partial charge in [-0.2, -0.15) is 11.8 Å². The second-order valence-corrected chi connectivity index (χ2v) is 5.22. The first-order valence-electron chi connectivity index (χ1n) is 5.41. The molecule has 0 unspecified atom stereocenters. The first-order valence-corrected chi connectivity index (χ1v) is 6.57. The number of nitrogens with one attached hydrogen (secondary N) is 1. The molecule has 1 aliphatic rings. The predicted octanol–water partition coefficient (Wildman–Crippen LogP) is 0.192. The minimum atomic E-state index is -0.789. The van der Waals surface area contributed by atoms with Gasteiger partial charge in [-0.15, -0.1) is 0 Å². The first kappa shape index (κ1) is 13.3. The largest absolute Gasteiger partial charge is 0.480 e. The van der Waals surface area contributed by atoms with Crippen molar-refractivity contribution >= 4 is 23.6 Å². The molecule has 0 aliphatic carbocycles. The van der Waals surface area contributed by atoms with Gasteiger partial charge < -0.3 is 16.2 Å². The third kappa shape index (κ3) is 3.68. The maximum absolute atomic E-state index is 11.2. The number of carboxylic acid groups (broad SMARTS) is 1. The molecular weight excluding hydrogens is 228 g/mol. The standard InChI is InChI=1S/C10H18N2O3S/c11-8(13)2-1-5-12-10(9(14)15)3-6-16-7-4-10/h12H,1-7H2,(H2,11,13)(H,14,15). The highest BCUT2D eigenvalue weighted by Crippen LogP contribution is 2.27. The smallest absolute Gasteiger partial charge is 0.323 e. The first-order chi connectivity index (χ1) is 7.57. The highest BCUT2D eigenvalue weighted by atomic mass is 32.2. The van der Waals surface area contributed by atoms with E-state index in [2.05, 4.69) is 5.32 Å². The SMILES string of the molecule is NC(=O)CCCNC1(C(=O)O)CCSCC1. The van der Waals surface area contributed by atoms with Crippen LogP contribution in [0.2, 0.25) is 0 Å². The average Bonchev–Trinajstić information content (AvgIpc) is 2.25. The van der Waals surface area contributed by atoms with Crippen LogP contribution in [0, 0.1) is 0 Å². The Hall–Kier alpha value is -0.750. The summed E-state index contributed by atoms with van der Waals surface area (Å²) >= 11 is 1.78. The number of primary amides is 1. The van der Waals surface area contributed by atoms with Crippen LogP contribution in [0.5, 0.6) is 0 Å². The minimum Gasteiger partial charge on any atom is -0.480 e. The van der Waals surface area contributed by atoms with E-state index in [1.165, 1.54) is 0 Å². The molecule has 0 radical (unpaired) electrons. The molecule has 4 N–H and O–H groups in total. The molecule has 1 fully saturated rings. The lowest BCUT2D eigenvalue weighted by Gasteiger charge is -2.33. The van der Waals surface area contributed by atoms with E-state index in [9.17, 15) is 14.7 Å². The number of hydrogen-bond donors (Lipinski definition) is 3. The molecule has 0 aromatic heterocycles. The summed E-state index contributed by atoms with van der Waals surface area (Å²) < 4.78 is 0. The molecule has 0 saturated carbocycles. The lowest BCUT2D eigenvalue weighted by atomic mass is 9.92. The molecule has 16 heavy (non-hydrogen) atoms. The van der Waals surface area contributed by atoms with Gasteiger partial charge in [0.05, 0.1) is 0 Å². The van der Waals surface area contributed by atoms with Crippen molar-refractivity contribution in [2.75, 3.05) is 18.1 Å². The maximum atomic E-state index is 11.2. The topological polar surface area (TPSA) is 92.4 Å². The Morgan fingerprint density at radius 1 is 1.38 bits per heavy atom. The number of aliphatic carboxylic acids is 1. The number of nitrogens with two attached hydrogens (primary N) is 1. The van der Waals surface area contributed by atoms with Crippen LogP contribution in [-0.2, 0) is 9.59 Å². The summed E-state index contributed by atoms with van der Waals surface area (Å²) in [6, 6.07) is 0. The Kier molecular flexibility index (Phi) is 5.08.